The van der Waals surface area contributed by atoms with Crippen LogP contribution in [0, 0.1) is 0 Å². The molecule has 1 aromatic carbocycles. The standard InChI is InChI=1S/C12H13Cl3N4O/c13-8-4-10(14)12(11(15)5-8)16-6-9-7-19(18-17-9)2-1-3-20/h4-5,7,16,20H,1-3,6H2. The van der Waals surface area contributed by atoms with Gasteiger partial charge in [-0.15, -0.1) is 5.10 Å². The fourth-order valence-corrected chi connectivity index (χ4v) is 2.60. The minimum absolute atomic E-state index is 0.128. The number of anilines is 1. The van der Waals surface area contributed by atoms with Crippen molar-refractivity contribution in [1.82, 2.24) is 15.0 Å². The molecule has 1 aromatic heterocycles. The maximum Gasteiger partial charge on any atom is 0.102 e. The van der Waals surface area contributed by atoms with Crippen molar-refractivity contribution in [2.24, 2.45) is 0 Å². The molecule has 0 unspecified atom stereocenters. The fourth-order valence-electron chi connectivity index (χ4n) is 1.65. The number of aliphatic hydroxyl groups is 1. The molecule has 0 bridgehead atoms. The number of aryl methyl sites for hydroxylation is 1. The van der Waals surface area contributed by atoms with Gasteiger partial charge in [-0.3, -0.25) is 4.68 Å². The molecule has 0 atom stereocenters. The van der Waals surface area contributed by atoms with Crippen LogP contribution < -0.4 is 5.32 Å². The Labute approximate surface area is 131 Å². The van der Waals surface area contributed by atoms with Crippen LogP contribution in [0.4, 0.5) is 5.69 Å². The number of aliphatic hydroxyl groups excluding tert-OH is 1. The summed E-state index contributed by atoms with van der Waals surface area (Å²) in [5, 5.41) is 21.2. The summed E-state index contributed by atoms with van der Waals surface area (Å²) in [5.41, 5.74) is 1.37. The van der Waals surface area contributed by atoms with Crippen molar-refractivity contribution in [2.45, 2.75) is 19.5 Å². The highest BCUT2D eigenvalue weighted by Gasteiger charge is 2.08. The summed E-state index contributed by atoms with van der Waals surface area (Å²) < 4.78 is 1.68. The molecule has 0 aliphatic rings. The average molecular weight is 336 g/mol. The smallest absolute Gasteiger partial charge is 0.102 e. The number of rotatable bonds is 6. The Bertz CT molecular complexity index is 565. The molecule has 1 heterocycles. The highest BCUT2D eigenvalue weighted by atomic mass is 35.5. The lowest BCUT2D eigenvalue weighted by Gasteiger charge is -2.09. The monoisotopic (exact) mass is 334 g/mol. The van der Waals surface area contributed by atoms with Crippen LogP contribution in [0.5, 0.6) is 0 Å². The van der Waals surface area contributed by atoms with E-state index < -0.39 is 0 Å². The molecule has 0 amide bonds. The zero-order valence-electron chi connectivity index (χ0n) is 10.5. The van der Waals surface area contributed by atoms with Gasteiger partial charge in [-0.1, -0.05) is 40.0 Å². The van der Waals surface area contributed by atoms with Gasteiger partial charge in [-0.05, 0) is 18.6 Å². The summed E-state index contributed by atoms with van der Waals surface area (Å²) in [4.78, 5) is 0. The van der Waals surface area contributed by atoms with Crippen LogP contribution >= 0.6 is 34.8 Å². The SMILES string of the molecule is OCCCn1cc(CNc2c(Cl)cc(Cl)cc2Cl)nn1. The molecule has 0 saturated carbocycles. The molecular weight excluding hydrogens is 323 g/mol. The molecule has 2 aromatic rings. The van der Waals surface area contributed by atoms with Gasteiger partial charge in [0.25, 0.3) is 0 Å². The van der Waals surface area contributed by atoms with Gasteiger partial charge in [0.15, 0.2) is 0 Å². The van der Waals surface area contributed by atoms with Crippen molar-refractivity contribution in [1.29, 1.82) is 0 Å². The first-order chi connectivity index (χ1) is 9.60. The van der Waals surface area contributed by atoms with Crippen molar-refractivity contribution in [3.05, 3.63) is 39.1 Å². The molecule has 0 aliphatic heterocycles. The topological polar surface area (TPSA) is 63.0 Å². The molecule has 5 nitrogen and oxygen atoms in total. The number of nitrogens with one attached hydrogen (secondary N) is 1. The van der Waals surface area contributed by atoms with Crippen LogP contribution in [-0.4, -0.2) is 26.7 Å². The molecule has 0 spiro atoms. The number of hydrogen-bond acceptors (Lipinski definition) is 4. The maximum atomic E-state index is 8.76. The lowest BCUT2D eigenvalue weighted by Crippen LogP contribution is -2.01. The van der Waals surface area contributed by atoms with Crippen LogP contribution in [0.3, 0.4) is 0 Å². The first-order valence-corrected chi connectivity index (χ1v) is 7.12. The van der Waals surface area contributed by atoms with Gasteiger partial charge >= 0.3 is 0 Å². The molecule has 20 heavy (non-hydrogen) atoms. The molecule has 0 saturated heterocycles. The molecule has 8 heteroatoms. The number of nitrogens with zero attached hydrogens (tertiary/aromatic N) is 3. The van der Waals surface area contributed by atoms with E-state index in [2.05, 4.69) is 15.6 Å². The van der Waals surface area contributed by atoms with Gasteiger partial charge < -0.3 is 10.4 Å². The van der Waals surface area contributed by atoms with Crippen molar-refractivity contribution in [2.75, 3.05) is 11.9 Å². The summed E-state index contributed by atoms with van der Waals surface area (Å²) >= 11 is 18.0. The molecule has 2 rings (SSSR count). The van der Waals surface area contributed by atoms with E-state index in [1.807, 2.05) is 0 Å². The van der Waals surface area contributed by atoms with Gasteiger partial charge in [-0.2, -0.15) is 0 Å². The lowest BCUT2D eigenvalue weighted by atomic mass is 10.3. The number of benzene rings is 1. The first kappa shape index (κ1) is 15.4. The Morgan fingerprint density at radius 1 is 1.20 bits per heavy atom. The minimum Gasteiger partial charge on any atom is -0.396 e. The van der Waals surface area contributed by atoms with Crippen LogP contribution in [0.1, 0.15) is 12.1 Å². The summed E-state index contributed by atoms with van der Waals surface area (Å²) in [5.74, 6) is 0. The summed E-state index contributed by atoms with van der Waals surface area (Å²) in [6.07, 6.45) is 2.45. The third kappa shape index (κ3) is 3.99. The Kier molecular flexibility index (Phi) is 5.48. The van der Waals surface area contributed by atoms with E-state index in [1.165, 1.54) is 0 Å². The number of hydrogen-bond donors (Lipinski definition) is 2. The van der Waals surface area contributed by atoms with Gasteiger partial charge in [0.05, 0.1) is 28.5 Å². The normalized spacial score (nSPS) is 10.8. The first-order valence-electron chi connectivity index (χ1n) is 5.98. The highest BCUT2D eigenvalue weighted by molar-refractivity contribution is 6.41. The Balaban J connectivity index is 2.00. The molecule has 0 aliphatic carbocycles. The van der Waals surface area contributed by atoms with Gasteiger partial charge in [0.1, 0.15) is 5.69 Å². The quantitative estimate of drug-likeness (QED) is 0.851. The average Bonchev–Trinajstić information content (AvgIpc) is 2.83. The van der Waals surface area contributed by atoms with Gasteiger partial charge in [-0.25, -0.2) is 0 Å². The fraction of sp³-hybridized carbons (Fsp3) is 0.333. The molecule has 0 fully saturated rings. The maximum absolute atomic E-state index is 8.76. The zero-order valence-corrected chi connectivity index (χ0v) is 12.8. The van der Waals surface area contributed by atoms with E-state index in [4.69, 9.17) is 39.9 Å². The van der Waals surface area contributed by atoms with Crippen molar-refractivity contribution >= 4 is 40.5 Å². The van der Waals surface area contributed by atoms with E-state index in [0.29, 0.717) is 40.3 Å². The predicted octanol–water partition coefficient (Wildman–Crippen LogP) is 3.23. The second kappa shape index (κ2) is 7.13. The van der Waals surface area contributed by atoms with Gasteiger partial charge in [0.2, 0.25) is 0 Å². The van der Waals surface area contributed by atoms with E-state index >= 15 is 0 Å². The predicted molar refractivity (Wildman–Crippen MR) is 80.5 cm³/mol. The number of aromatic nitrogens is 3. The van der Waals surface area contributed by atoms with Gasteiger partial charge in [0, 0.05) is 18.2 Å². The summed E-state index contributed by atoms with van der Waals surface area (Å²) in [6, 6.07) is 3.24. The Morgan fingerprint density at radius 3 is 2.55 bits per heavy atom. The minimum atomic E-state index is 0.128. The highest BCUT2D eigenvalue weighted by Crippen LogP contribution is 2.33. The van der Waals surface area contributed by atoms with Crippen LogP contribution in [0.25, 0.3) is 0 Å². The Morgan fingerprint density at radius 2 is 1.90 bits per heavy atom. The van der Waals surface area contributed by atoms with Crippen molar-refractivity contribution in [3.63, 3.8) is 0 Å². The van der Waals surface area contributed by atoms with Crippen LogP contribution in [0.15, 0.2) is 18.3 Å². The van der Waals surface area contributed by atoms with E-state index in [0.717, 1.165) is 5.69 Å². The summed E-state index contributed by atoms with van der Waals surface area (Å²) in [6.45, 7) is 1.20. The molecule has 0 radical (unpaired) electrons. The summed E-state index contributed by atoms with van der Waals surface area (Å²) in [7, 11) is 0. The lowest BCUT2D eigenvalue weighted by molar-refractivity contribution is 0.276. The van der Waals surface area contributed by atoms with E-state index in [1.54, 1.807) is 23.0 Å². The second-order valence-corrected chi connectivity index (χ2v) is 5.40. The number of halogens is 3. The van der Waals surface area contributed by atoms with E-state index in [9.17, 15) is 0 Å². The zero-order chi connectivity index (χ0) is 14.5. The molecular formula is C12H13Cl3N4O. The van der Waals surface area contributed by atoms with Crippen molar-refractivity contribution < 1.29 is 5.11 Å². The largest absolute Gasteiger partial charge is 0.396 e. The third-order valence-corrected chi connectivity index (χ3v) is 3.40. The Hall–Kier alpha value is -1.01. The van der Waals surface area contributed by atoms with E-state index in [-0.39, 0.29) is 6.61 Å². The van der Waals surface area contributed by atoms with Crippen LogP contribution in [-0.2, 0) is 13.1 Å². The molecule has 108 valence electrons. The second-order valence-electron chi connectivity index (χ2n) is 4.15. The molecule has 2 N–H and O–H groups in total. The van der Waals surface area contributed by atoms with Crippen molar-refractivity contribution in [3.8, 4) is 0 Å². The van der Waals surface area contributed by atoms with Crippen LogP contribution in [0.2, 0.25) is 15.1 Å². The third-order valence-electron chi connectivity index (χ3n) is 2.58.